The molecule has 0 amide bonds. The smallest absolute Gasteiger partial charge is 0.315 e. The summed E-state index contributed by atoms with van der Waals surface area (Å²) in [5.41, 5.74) is 2.24. The number of benzene rings is 3. The highest BCUT2D eigenvalue weighted by Gasteiger charge is 2.23. The van der Waals surface area contributed by atoms with Gasteiger partial charge in [-0.05, 0) is 17.2 Å². The van der Waals surface area contributed by atoms with Gasteiger partial charge in [-0.25, -0.2) is 0 Å². The quantitative estimate of drug-likeness (QED) is 0.247. The van der Waals surface area contributed by atoms with E-state index in [-0.39, 0.29) is 13.2 Å². The van der Waals surface area contributed by atoms with Crippen LogP contribution < -0.4 is 14.2 Å². The molecule has 1 radical (unpaired) electrons. The second kappa shape index (κ2) is 14.0. The van der Waals surface area contributed by atoms with Crippen LogP contribution in [0.5, 0.6) is 17.2 Å². The topological polar surface area (TPSA) is 72.5 Å². The van der Waals surface area contributed by atoms with Crippen LogP contribution in [-0.2, 0) is 19.0 Å². The lowest BCUT2D eigenvalue weighted by Gasteiger charge is -2.21. The fourth-order valence-electron chi connectivity index (χ4n) is 3.44. The highest BCUT2D eigenvalue weighted by atomic mass is 16.6. The monoisotopic (exact) mass is 479 g/mol. The van der Waals surface area contributed by atoms with Crippen LogP contribution in [0, 0.1) is 6.42 Å². The summed E-state index contributed by atoms with van der Waals surface area (Å²) in [6, 6.07) is 22.7. The van der Waals surface area contributed by atoms with Crippen molar-refractivity contribution >= 4 is 5.97 Å². The van der Waals surface area contributed by atoms with Gasteiger partial charge in [-0.2, -0.15) is 0 Å². The molecule has 185 valence electrons. The van der Waals surface area contributed by atoms with Crippen molar-refractivity contribution < 1.29 is 33.2 Å². The van der Waals surface area contributed by atoms with Crippen molar-refractivity contribution in [2.24, 2.45) is 0 Å². The Hall–Kier alpha value is -3.55. The average molecular weight is 480 g/mol. The van der Waals surface area contributed by atoms with Gasteiger partial charge in [0.2, 0.25) is 5.75 Å². The molecule has 0 atom stereocenters. The van der Waals surface area contributed by atoms with E-state index in [1.54, 1.807) is 33.5 Å². The van der Waals surface area contributed by atoms with Gasteiger partial charge >= 0.3 is 5.97 Å². The van der Waals surface area contributed by atoms with Crippen LogP contribution in [0.3, 0.4) is 0 Å². The van der Waals surface area contributed by atoms with E-state index in [4.69, 9.17) is 28.4 Å². The molecular formula is C28H31O7. The van der Waals surface area contributed by atoms with Gasteiger partial charge < -0.3 is 28.4 Å². The molecule has 0 saturated heterocycles. The van der Waals surface area contributed by atoms with Gasteiger partial charge in [0, 0.05) is 19.8 Å². The number of hydrogen-bond donors (Lipinski definition) is 0. The number of esters is 1. The number of carbonyl (C=O) groups is 1. The van der Waals surface area contributed by atoms with Gasteiger partial charge in [0.15, 0.2) is 17.6 Å². The van der Waals surface area contributed by atoms with Crippen molar-refractivity contribution in [2.45, 2.75) is 6.10 Å². The summed E-state index contributed by atoms with van der Waals surface area (Å²) in [4.78, 5) is 13.1. The molecule has 3 aromatic carbocycles. The largest absolute Gasteiger partial charge is 0.493 e. The standard InChI is InChI=1S/C28H31O7/c1-30-16-18-33-27-23(14-15-24(32-3)28(27)34-19-17-31-2)20-25(29)35-26(21-10-6-4-7-11-21)22-12-8-5-9-13-22/h4-15,20,26H,16-19H2,1-3H3. The van der Waals surface area contributed by atoms with Crippen molar-refractivity contribution in [3.8, 4) is 17.2 Å². The van der Waals surface area contributed by atoms with E-state index >= 15 is 0 Å². The first-order valence-corrected chi connectivity index (χ1v) is 11.3. The number of hydrogen-bond acceptors (Lipinski definition) is 7. The summed E-state index contributed by atoms with van der Waals surface area (Å²) < 4.78 is 33.4. The van der Waals surface area contributed by atoms with Crippen LogP contribution in [-0.4, -0.2) is 53.7 Å². The van der Waals surface area contributed by atoms with E-state index in [1.807, 2.05) is 60.7 Å². The Morgan fingerprint density at radius 1 is 0.714 bits per heavy atom. The highest BCUT2D eigenvalue weighted by Crippen LogP contribution is 2.41. The van der Waals surface area contributed by atoms with E-state index in [0.29, 0.717) is 36.0 Å². The summed E-state index contributed by atoms with van der Waals surface area (Å²) in [7, 11) is 4.72. The molecular weight excluding hydrogens is 448 g/mol. The molecule has 0 saturated carbocycles. The molecule has 0 unspecified atom stereocenters. The van der Waals surface area contributed by atoms with Gasteiger partial charge in [-0.15, -0.1) is 0 Å². The van der Waals surface area contributed by atoms with Gasteiger partial charge in [-0.3, -0.25) is 4.79 Å². The maximum atomic E-state index is 13.1. The molecule has 0 fully saturated rings. The minimum absolute atomic E-state index is 0.261. The summed E-state index contributed by atoms with van der Waals surface area (Å²) >= 11 is 0. The lowest BCUT2D eigenvalue weighted by atomic mass is 10.0. The zero-order chi connectivity index (χ0) is 24.9. The molecule has 35 heavy (non-hydrogen) atoms. The lowest BCUT2D eigenvalue weighted by Crippen LogP contribution is -2.15. The molecule has 3 aromatic rings. The lowest BCUT2D eigenvalue weighted by molar-refractivity contribution is -0.142. The van der Waals surface area contributed by atoms with Crippen molar-refractivity contribution in [3.05, 3.63) is 95.9 Å². The maximum Gasteiger partial charge on any atom is 0.315 e. The molecule has 7 heteroatoms. The zero-order valence-corrected chi connectivity index (χ0v) is 20.3. The Morgan fingerprint density at radius 2 is 1.26 bits per heavy atom. The molecule has 0 aliphatic rings. The third kappa shape index (κ3) is 7.47. The molecule has 3 rings (SSSR count). The third-order valence-corrected chi connectivity index (χ3v) is 5.11. The summed E-state index contributed by atoms with van der Waals surface area (Å²) in [5, 5.41) is 0. The molecule has 0 heterocycles. The van der Waals surface area contributed by atoms with Gasteiger partial charge in [0.05, 0.1) is 20.3 Å². The van der Waals surface area contributed by atoms with Crippen molar-refractivity contribution in [1.82, 2.24) is 0 Å². The first-order valence-electron chi connectivity index (χ1n) is 11.3. The minimum atomic E-state index is -0.560. The molecule has 0 aliphatic heterocycles. The number of carbonyl (C=O) groups excluding carboxylic acids is 1. The first-order chi connectivity index (χ1) is 17.2. The minimum Gasteiger partial charge on any atom is -0.493 e. The van der Waals surface area contributed by atoms with E-state index in [9.17, 15) is 4.79 Å². The Bertz CT molecular complexity index is 998. The molecule has 0 N–H and O–H groups in total. The predicted molar refractivity (Wildman–Crippen MR) is 132 cm³/mol. The van der Waals surface area contributed by atoms with Crippen molar-refractivity contribution in [3.63, 3.8) is 0 Å². The van der Waals surface area contributed by atoms with Gasteiger partial charge in [0.1, 0.15) is 19.6 Å². The maximum absolute atomic E-state index is 13.1. The van der Waals surface area contributed by atoms with Gasteiger partial charge in [-0.1, -0.05) is 66.7 Å². The van der Waals surface area contributed by atoms with Crippen molar-refractivity contribution in [2.75, 3.05) is 47.8 Å². The fourth-order valence-corrected chi connectivity index (χ4v) is 3.44. The summed E-state index contributed by atoms with van der Waals surface area (Å²) in [6.45, 7) is 1.29. The Labute approximate surface area is 206 Å². The fraction of sp³-hybridized carbons (Fsp3) is 0.286. The van der Waals surface area contributed by atoms with Crippen LogP contribution in [0.2, 0.25) is 0 Å². The Morgan fingerprint density at radius 3 is 1.77 bits per heavy atom. The second-order valence-corrected chi connectivity index (χ2v) is 7.48. The first kappa shape index (κ1) is 26.1. The third-order valence-electron chi connectivity index (χ3n) is 5.11. The van der Waals surface area contributed by atoms with Crippen molar-refractivity contribution in [1.29, 1.82) is 0 Å². The number of methoxy groups -OCH3 is 3. The van der Waals surface area contributed by atoms with Gasteiger partial charge in [0.25, 0.3) is 0 Å². The highest BCUT2D eigenvalue weighted by molar-refractivity contribution is 5.85. The molecule has 7 nitrogen and oxygen atoms in total. The normalized spacial score (nSPS) is 10.7. The number of ether oxygens (including phenoxy) is 6. The Balaban J connectivity index is 1.87. The van der Waals surface area contributed by atoms with E-state index in [0.717, 1.165) is 11.1 Å². The Kier molecular flexibility index (Phi) is 10.4. The van der Waals surface area contributed by atoms with E-state index in [2.05, 4.69) is 0 Å². The molecule has 0 spiro atoms. The molecule has 0 aliphatic carbocycles. The second-order valence-electron chi connectivity index (χ2n) is 7.48. The summed E-state index contributed by atoms with van der Waals surface area (Å²) in [6.07, 6.45) is 0.832. The zero-order valence-electron chi connectivity index (χ0n) is 20.3. The van der Waals surface area contributed by atoms with E-state index in [1.165, 1.54) is 6.42 Å². The molecule has 0 aromatic heterocycles. The predicted octanol–water partition coefficient (Wildman–Crippen LogP) is 4.63. The van der Waals surface area contributed by atoms with Crippen LogP contribution in [0.25, 0.3) is 0 Å². The number of rotatable bonds is 14. The van der Waals surface area contributed by atoms with Crippen LogP contribution in [0.4, 0.5) is 0 Å². The molecule has 0 bridgehead atoms. The summed E-state index contributed by atoms with van der Waals surface area (Å²) in [5.74, 6) is 0.702. The van der Waals surface area contributed by atoms with Crippen LogP contribution in [0.1, 0.15) is 22.8 Å². The van der Waals surface area contributed by atoms with Crippen LogP contribution in [0.15, 0.2) is 72.8 Å². The average Bonchev–Trinajstić information content (AvgIpc) is 2.90. The SMILES string of the molecule is COCCOc1c([CH]C(=O)OC(c2ccccc2)c2ccccc2)ccc(OC)c1OCCOC. The van der Waals surface area contributed by atoms with E-state index < -0.39 is 12.1 Å². The van der Waals surface area contributed by atoms with Crippen LogP contribution >= 0.6 is 0 Å².